The SMILES string of the molecule is Cc1cc(CNC(=O)N[C@@H](c2ccc(F)cc2)[C@H]2CCCO2)no1. The van der Waals surface area contributed by atoms with Gasteiger partial charge in [-0.25, -0.2) is 9.18 Å². The van der Waals surface area contributed by atoms with Gasteiger partial charge in [0.1, 0.15) is 17.3 Å². The maximum Gasteiger partial charge on any atom is 0.315 e. The summed E-state index contributed by atoms with van der Waals surface area (Å²) in [5.41, 5.74) is 1.47. The molecule has 0 saturated carbocycles. The van der Waals surface area contributed by atoms with E-state index in [1.165, 1.54) is 12.1 Å². The first-order valence-corrected chi connectivity index (χ1v) is 7.95. The summed E-state index contributed by atoms with van der Waals surface area (Å²) in [6.45, 7) is 2.73. The highest BCUT2D eigenvalue weighted by Gasteiger charge is 2.28. The molecule has 1 aromatic carbocycles. The lowest BCUT2D eigenvalue weighted by Gasteiger charge is -2.24. The van der Waals surface area contributed by atoms with Crippen LogP contribution in [0.4, 0.5) is 9.18 Å². The van der Waals surface area contributed by atoms with E-state index in [4.69, 9.17) is 9.26 Å². The van der Waals surface area contributed by atoms with Crippen molar-refractivity contribution >= 4 is 6.03 Å². The quantitative estimate of drug-likeness (QED) is 0.882. The molecule has 1 aliphatic heterocycles. The molecule has 2 N–H and O–H groups in total. The zero-order valence-electron chi connectivity index (χ0n) is 13.4. The number of benzene rings is 1. The van der Waals surface area contributed by atoms with Gasteiger partial charge in [0.2, 0.25) is 0 Å². The first-order chi connectivity index (χ1) is 11.6. The largest absolute Gasteiger partial charge is 0.376 e. The second-order valence-electron chi connectivity index (χ2n) is 5.84. The van der Waals surface area contributed by atoms with Crippen LogP contribution in [-0.4, -0.2) is 23.9 Å². The van der Waals surface area contributed by atoms with Crippen molar-refractivity contribution in [2.45, 2.75) is 38.5 Å². The minimum atomic E-state index is -0.333. The molecule has 0 spiro atoms. The molecule has 24 heavy (non-hydrogen) atoms. The Hall–Kier alpha value is -2.41. The third-order valence-electron chi connectivity index (χ3n) is 3.96. The molecule has 3 rings (SSSR count). The maximum atomic E-state index is 13.2. The van der Waals surface area contributed by atoms with E-state index in [2.05, 4.69) is 15.8 Å². The van der Waals surface area contributed by atoms with Crippen LogP contribution in [0.15, 0.2) is 34.9 Å². The van der Waals surface area contributed by atoms with Gasteiger partial charge in [0.05, 0.1) is 18.7 Å². The average molecular weight is 333 g/mol. The Balaban J connectivity index is 1.64. The molecule has 1 fully saturated rings. The molecular formula is C17H20FN3O3. The number of halogens is 1. The molecule has 0 unspecified atom stereocenters. The van der Waals surface area contributed by atoms with Gasteiger partial charge in [-0.05, 0) is 37.5 Å². The first kappa shape index (κ1) is 16.4. The molecule has 2 aromatic rings. The Labute approximate surface area is 139 Å². The van der Waals surface area contributed by atoms with E-state index in [1.807, 2.05) is 0 Å². The Morgan fingerprint density at radius 3 is 2.83 bits per heavy atom. The molecule has 2 atom stereocenters. The number of urea groups is 1. The highest BCUT2D eigenvalue weighted by atomic mass is 19.1. The predicted octanol–water partition coefficient (Wildman–Crippen LogP) is 2.84. The third-order valence-corrected chi connectivity index (χ3v) is 3.96. The fourth-order valence-corrected chi connectivity index (χ4v) is 2.79. The summed E-state index contributed by atoms with van der Waals surface area (Å²) >= 11 is 0. The van der Waals surface area contributed by atoms with E-state index in [0.717, 1.165) is 18.4 Å². The summed E-state index contributed by atoms with van der Waals surface area (Å²) in [4.78, 5) is 12.2. The van der Waals surface area contributed by atoms with Crippen LogP contribution in [0.5, 0.6) is 0 Å². The fraction of sp³-hybridized carbons (Fsp3) is 0.412. The van der Waals surface area contributed by atoms with Crippen molar-refractivity contribution < 1.29 is 18.4 Å². The molecule has 128 valence electrons. The summed E-state index contributed by atoms with van der Waals surface area (Å²) in [5.74, 6) is 0.381. The minimum absolute atomic E-state index is 0.115. The van der Waals surface area contributed by atoms with Crippen LogP contribution in [0.2, 0.25) is 0 Å². The lowest BCUT2D eigenvalue weighted by Crippen LogP contribution is -2.42. The molecule has 0 bridgehead atoms. The highest BCUT2D eigenvalue weighted by molar-refractivity contribution is 5.74. The second-order valence-corrected chi connectivity index (χ2v) is 5.84. The van der Waals surface area contributed by atoms with E-state index < -0.39 is 0 Å². The Bertz CT molecular complexity index is 681. The molecule has 1 aromatic heterocycles. The Kier molecular flexibility index (Phi) is 5.10. The summed E-state index contributed by atoms with van der Waals surface area (Å²) < 4.78 is 23.8. The first-order valence-electron chi connectivity index (χ1n) is 7.95. The lowest BCUT2D eigenvalue weighted by atomic mass is 9.99. The zero-order chi connectivity index (χ0) is 16.9. The van der Waals surface area contributed by atoms with Gasteiger partial charge in [0.15, 0.2) is 0 Å². The summed E-state index contributed by atoms with van der Waals surface area (Å²) in [7, 11) is 0. The van der Waals surface area contributed by atoms with Crippen molar-refractivity contribution in [3.05, 3.63) is 53.2 Å². The van der Waals surface area contributed by atoms with E-state index in [9.17, 15) is 9.18 Å². The number of aryl methyl sites for hydroxylation is 1. The molecule has 6 nitrogen and oxygen atoms in total. The third kappa shape index (κ3) is 4.11. The number of hydrogen-bond acceptors (Lipinski definition) is 4. The van der Waals surface area contributed by atoms with Crippen molar-refractivity contribution in [2.24, 2.45) is 0 Å². The van der Waals surface area contributed by atoms with Crippen LogP contribution in [-0.2, 0) is 11.3 Å². The molecule has 2 amide bonds. The smallest absolute Gasteiger partial charge is 0.315 e. The van der Waals surface area contributed by atoms with Crippen molar-refractivity contribution in [1.29, 1.82) is 0 Å². The number of carbonyl (C=O) groups excluding carboxylic acids is 1. The predicted molar refractivity (Wildman–Crippen MR) is 84.7 cm³/mol. The highest BCUT2D eigenvalue weighted by Crippen LogP contribution is 2.27. The van der Waals surface area contributed by atoms with E-state index >= 15 is 0 Å². The number of amides is 2. The standard InChI is InChI=1S/C17H20FN3O3/c1-11-9-14(21-24-11)10-19-17(22)20-16(15-3-2-8-23-15)12-4-6-13(18)7-5-12/h4-7,9,15-16H,2-3,8,10H2,1H3,(H2,19,20,22)/t15-,16+/m1/s1. The van der Waals surface area contributed by atoms with Crippen molar-refractivity contribution in [2.75, 3.05) is 6.61 Å². The van der Waals surface area contributed by atoms with Crippen LogP contribution < -0.4 is 10.6 Å². The molecule has 1 saturated heterocycles. The van der Waals surface area contributed by atoms with Crippen LogP contribution >= 0.6 is 0 Å². The van der Waals surface area contributed by atoms with Crippen molar-refractivity contribution in [3.63, 3.8) is 0 Å². The number of aromatic nitrogens is 1. The van der Waals surface area contributed by atoms with Crippen LogP contribution in [0.25, 0.3) is 0 Å². The topological polar surface area (TPSA) is 76.4 Å². The molecular weight excluding hydrogens is 313 g/mol. The fourth-order valence-electron chi connectivity index (χ4n) is 2.79. The van der Waals surface area contributed by atoms with Crippen molar-refractivity contribution in [3.8, 4) is 0 Å². The monoisotopic (exact) mass is 333 g/mol. The number of carbonyl (C=O) groups is 1. The zero-order valence-corrected chi connectivity index (χ0v) is 13.4. The lowest BCUT2D eigenvalue weighted by molar-refractivity contribution is 0.0807. The maximum absolute atomic E-state index is 13.2. The van der Waals surface area contributed by atoms with Gasteiger partial charge in [-0.15, -0.1) is 0 Å². The number of rotatable bonds is 5. The van der Waals surface area contributed by atoms with E-state index in [-0.39, 0.29) is 30.5 Å². The second kappa shape index (κ2) is 7.44. The van der Waals surface area contributed by atoms with E-state index in [0.29, 0.717) is 18.1 Å². The summed E-state index contributed by atoms with van der Waals surface area (Å²) in [5, 5.41) is 9.49. The number of nitrogens with one attached hydrogen (secondary N) is 2. The van der Waals surface area contributed by atoms with Crippen LogP contribution in [0.3, 0.4) is 0 Å². The molecule has 0 aliphatic carbocycles. The van der Waals surface area contributed by atoms with Crippen LogP contribution in [0, 0.1) is 12.7 Å². The molecule has 7 heteroatoms. The summed E-state index contributed by atoms with van der Waals surface area (Å²) in [6.07, 6.45) is 1.69. The van der Waals surface area contributed by atoms with Crippen molar-refractivity contribution in [1.82, 2.24) is 15.8 Å². The van der Waals surface area contributed by atoms with Gasteiger partial charge < -0.3 is 19.9 Å². The van der Waals surface area contributed by atoms with Crippen LogP contribution in [0.1, 0.15) is 35.9 Å². The molecule has 0 radical (unpaired) electrons. The van der Waals surface area contributed by atoms with Gasteiger partial charge >= 0.3 is 6.03 Å². The summed E-state index contributed by atoms with van der Waals surface area (Å²) in [6, 6.07) is 7.21. The van der Waals surface area contributed by atoms with Gasteiger partial charge in [-0.2, -0.15) is 0 Å². The normalized spacial score (nSPS) is 18.3. The Morgan fingerprint density at radius 1 is 1.42 bits per heavy atom. The number of hydrogen-bond donors (Lipinski definition) is 2. The van der Waals surface area contributed by atoms with E-state index in [1.54, 1.807) is 25.1 Å². The minimum Gasteiger partial charge on any atom is -0.376 e. The van der Waals surface area contributed by atoms with Gasteiger partial charge in [0.25, 0.3) is 0 Å². The molecule has 1 aliphatic rings. The Morgan fingerprint density at radius 2 is 2.21 bits per heavy atom. The molecule has 2 heterocycles. The van der Waals surface area contributed by atoms with Gasteiger partial charge in [0, 0.05) is 12.7 Å². The van der Waals surface area contributed by atoms with Gasteiger partial charge in [-0.1, -0.05) is 17.3 Å². The van der Waals surface area contributed by atoms with Gasteiger partial charge in [-0.3, -0.25) is 0 Å². The number of nitrogens with zero attached hydrogens (tertiary/aromatic N) is 1. The average Bonchev–Trinajstić information content (AvgIpc) is 3.23. The number of ether oxygens (including phenoxy) is 1.